The molecule has 3 aromatic rings. The minimum atomic E-state index is -3.77. The van der Waals surface area contributed by atoms with Gasteiger partial charge in [0.1, 0.15) is 0 Å². The van der Waals surface area contributed by atoms with Crippen LogP contribution in [0.5, 0.6) is 0 Å². The lowest BCUT2D eigenvalue weighted by molar-refractivity contribution is 0.590. The van der Waals surface area contributed by atoms with Gasteiger partial charge >= 0.3 is 5.37 Å². The summed E-state index contributed by atoms with van der Waals surface area (Å²) in [5.41, 5.74) is 1.51. The Morgan fingerprint density at radius 1 is 0.913 bits per heavy atom. The minimum Gasteiger partial charge on any atom is -0.291 e. The first kappa shape index (κ1) is 15.3. The number of aryl methyl sites for hydroxylation is 1. The maximum Gasteiger partial charge on any atom is 0.350 e. The van der Waals surface area contributed by atoms with Crippen molar-refractivity contribution in [2.45, 2.75) is 17.2 Å². The number of nitrogens with zero attached hydrogens (tertiary/aromatic N) is 1. The van der Waals surface area contributed by atoms with E-state index in [9.17, 15) is 8.42 Å². The van der Waals surface area contributed by atoms with Gasteiger partial charge in [-0.05, 0) is 35.9 Å². The van der Waals surface area contributed by atoms with Gasteiger partial charge in [0.15, 0.2) is 0 Å². The summed E-state index contributed by atoms with van der Waals surface area (Å²) in [5.74, 6) is 0. The van der Waals surface area contributed by atoms with E-state index >= 15 is 0 Å². The smallest absolute Gasteiger partial charge is 0.291 e. The molecule has 4 heteroatoms. The van der Waals surface area contributed by atoms with E-state index in [2.05, 4.69) is 4.85 Å². The topological polar surface area (TPSA) is 38.5 Å². The molecule has 114 valence electrons. The third-order valence-corrected chi connectivity index (χ3v) is 5.73. The average molecular weight is 321 g/mol. The van der Waals surface area contributed by atoms with E-state index in [1.54, 1.807) is 36.4 Å². The normalized spacial score (nSPS) is 12.7. The highest BCUT2D eigenvalue weighted by Crippen LogP contribution is 2.34. The summed E-state index contributed by atoms with van der Waals surface area (Å²) in [5, 5.41) is 0.487. The number of hydrogen-bond acceptors (Lipinski definition) is 2. The number of hydrogen-bond donors (Lipinski definition) is 0. The third kappa shape index (κ3) is 2.71. The molecule has 0 fully saturated rings. The van der Waals surface area contributed by atoms with E-state index in [1.165, 1.54) is 0 Å². The van der Waals surface area contributed by atoms with E-state index < -0.39 is 15.2 Å². The van der Waals surface area contributed by atoms with Crippen LogP contribution < -0.4 is 0 Å². The zero-order valence-electron chi connectivity index (χ0n) is 12.6. The molecule has 0 N–H and O–H groups in total. The lowest BCUT2D eigenvalue weighted by Crippen LogP contribution is -2.11. The summed E-state index contributed by atoms with van der Waals surface area (Å²) in [6, 6.07) is 19.6. The Balaban J connectivity index is 2.19. The molecule has 0 amide bonds. The van der Waals surface area contributed by atoms with E-state index in [-0.39, 0.29) is 4.90 Å². The fraction of sp³-hybridized carbons (Fsp3) is 0.105. The molecule has 0 saturated heterocycles. The number of sulfone groups is 1. The van der Waals surface area contributed by atoms with Crippen LogP contribution in [0.4, 0.5) is 0 Å². The molecule has 0 aliphatic heterocycles. The molecular formula is C19H15NO2S. The van der Waals surface area contributed by atoms with Crippen LogP contribution in [0.2, 0.25) is 0 Å². The molecule has 3 rings (SSSR count). The molecule has 0 heterocycles. The van der Waals surface area contributed by atoms with Crippen molar-refractivity contribution in [1.29, 1.82) is 0 Å². The quantitative estimate of drug-likeness (QED) is 0.664. The van der Waals surface area contributed by atoms with Crippen LogP contribution in [0, 0.1) is 13.5 Å². The van der Waals surface area contributed by atoms with Crippen molar-refractivity contribution in [1.82, 2.24) is 0 Å². The molecule has 3 aromatic carbocycles. The van der Waals surface area contributed by atoms with Crippen molar-refractivity contribution in [3.63, 3.8) is 0 Å². The summed E-state index contributed by atoms with van der Waals surface area (Å²) in [6.07, 6.45) is 0. The van der Waals surface area contributed by atoms with Crippen LogP contribution in [-0.2, 0) is 9.84 Å². The van der Waals surface area contributed by atoms with Crippen LogP contribution in [0.3, 0.4) is 0 Å². The maximum atomic E-state index is 12.9. The van der Waals surface area contributed by atoms with Crippen molar-refractivity contribution in [3.05, 3.63) is 89.3 Å². The number of rotatable bonds is 3. The van der Waals surface area contributed by atoms with E-state index in [1.807, 2.05) is 37.3 Å². The summed E-state index contributed by atoms with van der Waals surface area (Å²) in [6.45, 7) is 9.36. The highest BCUT2D eigenvalue weighted by molar-refractivity contribution is 7.91. The Kier molecular flexibility index (Phi) is 3.89. The molecule has 3 nitrogen and oxygen atoms in total. The molecule has 0 spiro atoms. The lowest BCUT2D eigenvalue weighted by atomic mass is 10.0. The molecule has 0 unspecified atom stereocenters. The molecule has 1 atom stereocenters. The van der Waals surface area contributed by atoms with E-state index in [4.69, 9.17) is 6.57 Å². The zero-order valence-corrected chi connectivity index (χ0v) is 13.4. The van der Waals surface area contributed by atoms with Gasteiger partial charge < -0.3 is 0 Å². The molecule has 0 radical (unpaired) electrons. The number of benzene rings is 3. The first-order valence-electron chi connectivity index (χ1n) is 7.19. The van der Waals surface area contributed by atoms with E-state index in [0.717, 1.165) is 16.3 Å². The van der Waals surface area contributed by atoms with Gasteiger partial charge in [0.25, 0.3) is 9.84 Å². The Bertz CT molecular complexity index is 994. The molecule has 0 aliphatic rings. The van der Waals surface area contributed by atoms with Gasteiger partial charge in [-0.25, -0.2) is 15.0 Å². The van der Waals surface area contributed by atoms with Crippen LogP contribution in [0.25, 0.3) is 15.6 Å². The van der Waals surface area contributed by atoms with Crippen LogP contribution in [0.15, 0.2) is 71.6 Å². The largest absolute Gasteiger partial charge is 0.350 e. The van der Waals surface area contributed by atoms with Gasteiger partial charge in [0.05, 0.1) is 10.5 Å². The van der Waals surface area contributed by atoms with Gasteiger partial charge in [-0.1, -0.05) is 54.1 Å². The third-order valence-electron chi connectivity index (χ3n) is 3.85. The molecule has 23 heavy (non-hydrogen) atoms. The predicted molar refractivity (Wildman–Crippen MR) is 91.7 cm³/mol. The van der Waals surface area contributed by atoms with E-state index in [0.29, 0.717) is 5.56 Å². The van der Waals surface area contributed by atoms with Gasteiger partial charge in [0.2, 0.25) is 0 Å². The minimum absolute atomic E-state index is 0.178. The molecule has 0 aliphatic carbocycles. The maximum absolute atomic E-state index is 12.9. The predicted octanol–water partition coefficient (Wildman–Crippen LogP) is 4.54. The van der Waals surface area contributed by atoms with Crippen LogP contribution in [-0.4, -0.2) is 8.42 Å². The van der Waals surface area contributed by atoms with Crippen molar-refractivity contribution in [2.75, 3.05) is 0 Å². The summed E-state index contributed by atoms with van der Waals surface area (Å²) in [7, 11) is -3.77. The standard InChI is InChI=1S/C19H15NO2S/c1-14-10-12-16(13-11-14)23(21,22)19(20-2)18-9-5-7-15-6-3-4-8-17(15)18/h3-13,19H,1H3/t19-/m0/s1. The molecule has 0 aromatic heterocycles. The van der Waals surface area contributed by atoms with Gasteiger partial charge in [-0.2, -0.15) is 0 Å². The molecule has 0 saturated carbocycles. The SMILES string of the molecule is [C-]#[N+][C@H](c1cccc2ccccc12)S(=O)(=O)c1ccc(C)cc1. The second kappa shape index (κ2) is 5.86. The second-order valence-electron chi connectivity index (χ2n) is 5.41. The van der Waals surface area contributed by atoms with Crippen molar-refractivity contribution in [3.8, 4) is 0 Å². The summed E-state index contributed by atoms with van der Waals surface area (Å²) in [4.78, 5) is 3.62. The fourth-order valence-electron chi connectivity index (χ4n) is 2.63. The first-order chi connectivity index (χ1) is 11.0. The van der Waals surface area contributed by atoms with Gasteiger partial charge in [0, 0.05) is 0 Å². The Morgan fingerprint density at radius 3 is 2.26 bits per heavy atom. The number of fused-ring (bicyclic) bond motifs is 1. The van der Waals surface area contributed by atoms with Crippen LogP contribution in [0.1, 0.15) is 16.5 Å². The summed E-state index contributed by atoms with van der Waals surface area (Å²) < 4.78 is 25.8. The fourth-order valence-corrected chi connectivity index (χ4v) is 4.08. The highest BCUT2D eigenvalue weighted by atomic mass is 32.2. The van der Waals surface area contributed by atoms with Gasteiger partial charge in [-0.3, -0.25) is 4.85 Å². The lowest BCUT2D eigenvalue weighted by Gasteiger charge is -2.11. The zero-order chi connectivity index (χ0) is 16.4. The van der Waals surface area contributed by atoms with Crippen LogP contribution >= 0.6 is 0 Å². The molecule has 0 bridgehead atoms. The first-order valence-corrected chi connectivity index (χ1v) is 8.73. The van der Waals surface area contributed by atoms with Crippen molar-refractivity contribution >= 4 is 20.6 Å². The summed E-state index contributed by atoms with van der Waals surface area (Å²) >= 11 is 0. The average Bonchev–Trinajstić information content (AvgIpc) is 2.56. The van der Waals surface area contributed by atoms with Crippen molar-refractivity contribution in [2.24, 2.45) is 0 Å². The second-order valence-corrected chi connectivity index (χ2v) is 7.42. The van der Waals surface area contributed by atoms with Gasteiger partial charge in [-0.15, -0.1) is 0 Å². The Hall–Kier alpha value is -2.64. The molecular weight excluding hydrogens is 306 g/mol. The Morgan fingerprint density at radius 2 is 1.57 bits per heavy atom. The Labute approximate surface area is 135 Å². The highest BCUT2D eigenvalue weighted by Gasteiger charge is 2.35. The van der Waals surface area contributed by atoms with Crippen molar-refractivity contribution < 1.29 is 8.42 Å². The monoisotopic (exact) mass is 321 g/mol.